The van der Waals surface area contributed by atoms with Crippen LogP contribution in [0.3, 0.4) is 0 Å². The summed E-state index contributed by atoms with van der Waals surface area (Å²) in [6.45, 7) is 6.63. The van der Waals surface area contributed by atoms with Crippen LogP contribution >= 0.6 is 0 Å². The highest BCUT2D eigenvalue weighted by Gasteiger charge is 2.07. The van der Waals surface area contributed by atoms with Crippen molar-refractivity contribution in [2.24, 2.45) is 11.7 Å². The molecule has 2 heteroatoms. The summed E-state index contributed by atoms with van der Waals surface area (Å²) in [6.07, 6.45) is 3.67. The Morgan fingerprint density at radius 1 is 1.11 bits per heavy atom. The Kier molecular flexibility index (Phi) is 6.99. The number of rotatable bonds is 8. The summed E-state index contributed by atoms with van der Waals surface area (Å²) in [6, 6.07) is 11.0. The van der Waals surface area contributed by atoms with Crippen LogP contribution in [0.25, 0.3) is 0 Å². The van der Waals surface area contributed by atoms with E-state index in [-0.39, 0.29) is 0 Å². The molecule has 0 aliphatic rings. The lowest BCUT2D eigenvalue weighted by molar-refractivity contribution is 0.267. The molecule has 0 bridgehead atoms. The zero-order valence-corrected chi connectivity index (χ0v) is 12.1. The zero-order valence-electron chi connectivity index (χ0n) is 12.1. The molecule has 1 aromatic rings. The minimum absolute atomic E-state index is 0.347. The van der Waals surface area contributed by atoms with Gasteiger partial charge in [-0.15, -0.1) is 0 Å². The third-order valence-electron chi connectivity index (χ3n) is 3.28. The summed E-state index contributed by atoms with van der Waals surface area (Å²) in [5, 5.41) is 0. The molecule has 0 saturated heterocycles. The molecule has 0 fully saturated rings. The third-order valence-corrected chi connectivity index (χ3v) is 3.28. The fourth-order valence-electron chi connectivity index (χ4n) is 2.37. The van der Waals surface area contributed by atoms with Gasteiger partial charge >= 0.3 is 0 Å². The van der Waals surface area contributed by atoms with Crippen LogP contribution in [0.15, 0.2) is 30.3 Å². The molecule has 0 aliphatic carbocycles. The van der Waals surface area contributed by atoms with E-state index in [4.69, 9.17) is 5.73 Å². The summed E-state index contributed by atoms with van der Waals surface area (Å²) in [5.74, 6) is 0.748. The molecule has 2 atom stereocenters. The number of hydrogen-bond donors (Lipinski definition) is 1. The minimum Gasteiger partial charge on any atom is -0.328 e. The van der Waals surface area contributed by atoms with E-state index in [1.807, 2.05) is 0 Å². The van der Waals surface area contributed by atoms with Crippen molar-refractivity contribution in [1.29, 1.82) is 0 Å². The van der Waals surface area contributed by atoms with E-state index < -0.39 is 0 Å². The normalized spacial score (nSPS) is 14.7. The maximum atomic E-state index is 5.77. The maximum Gasteiger partial charge on any atom is 0.0230 e. The smallest absolute Gasteiger partial charge is 0.0230 e. The number of nitrogens with two attached hydrogens (primary N) is 1. The standard InChI is InChI=1S/C16H28N2/c1-14(8-7-9-15(2)17)12-18(3)13-16-10-5-4-6-11-16/h4-6,10-11,14-15H,7-9,12-13,17H2,1-3H3. The fraction of sp³-hybridized carbons (Fsp3) is 0.625. The first-order chi connectivity index (χ1) is 8.58. The van der Waals surface area contributed by atoms with Gasteiger partial charge in [0.1, 0.15) is 0 Å². The molecule has 2 nitrogen and oxygen atoms in total. The van der Waals surface area contributed by atoms with Gasteiger partial charge < -0.3 is 10.6 Å². The Balaban J connectivity index is 2.21. The van der Waals surface area contributed by atoms with Gasteiger partial charge in [-0.3, -0.25) is 0 Å². The van der Waals surface area contributed by atoms with Gasteiger partial charge in [-0.2, -0.15) is 0 Å². The van der Waals surface area contributed by atoms with Crippen LogP contribution in [0, 0.1) is 5.92 Å². The summed E-state index contributed by atoms with van der Waals surface area (Å²) < 4.78 is 0. The summed E-state index contributed by atoms with van der Waals surface area (Å²) in [5.41, 5.74) is 7.16. The fourth-order valence-corrected chi connectivity index (χ4v) is 2.37. The van der Waals surface area contributed by atoms with E-state index in [2.05, 4.69) is 56.1 Å². The van der Waals surface area contributed by atoms with E-state index in [1.165, 1.54) is 18.4 Å². The predicted octanol–water partition coefficient (Wildman–Crippen LogP) is 3.27. The highest BCUT2D eigenvalue weighted by molar-refractivity contribution is 5.14. The summed E-state index contributed by atoms with van der Waals surface area (Å²) in [7, 11) is 2.20. The van der Waals surface area contributed by atoms with Crippen molar-refractivity contribution in [2.75, 3.05) is 13.6 Å². The molecule has 102 valence electrons. The molecular formula is C16H28N2. The summed E-state index contributed by atoms with van der Waals surface area (Å²) >= 11 is 0. The Morgan fingerprint density at radius 2 is 1.78 bits per heavy atom. The molecule has 0 spiro atoms. The van der Waals surface area contributed by atoms with Crippen LogP contribution < -0.4 is 5.73 Å². The minimum atomic E-state index is 0.347. The molecule has 2 unspecified atom stereocenters. The third kappa shape index (κ3) is 6.77. The molecule has 1 rings (SSSR count). The first-order valence-electron chi connectivity index (χ1n) is 7.06. The van der Waals surface area contributed by atoms with Crippen molar-refractivity contribution >= 4 is 0 Å². The lowest BCUT2D eigenvalue weighted by Gasteiger charge is -2.21. The van der Waals surface area contributed by atoms with Gasteiger partial charge in [0.15, 0.2) is 0 Å². The largest absolute Gasteiger partial charge is 0.328 e. The average Bonchev–Trinajstić information content (AvgIpc) is 2.29. The molecule has 0 amide bonds. The lowest BCUT2D eigenvalue weighted by Crippen LogP contribution is -2.24. The number of hydrogen-bond acceptors (Lipinski definition) is 2. The zero-order chi connectivity index (χ0) is 13.4. The highest BCUT2D eigenvalue weighted by Crippen LogP contribution is 2.12. The summed E-state index contributed by atoms with van der Waals surface area (Å²) in [4.78, 5) is 2.41. The van der Waals surface area contributed by atoms with Crippen molar-refractivity contribution in [2.45, 2.75) is 45.7 Å². The van der Waals surface area contributed by atoms with Gasteiger partial charge in [0.05, 0.1) is 0 Å². The van der Waals surface area contributed by atoms with Crippen LogP contribution in [-0.4, -0.2) is 24.5 Å². The molecule has 0 heterocycles. The van der Waals surface area contributed by atoms with E-state index in [0.717, 1.165) is 25.4 Å². The number of nitrogens with zero attached hydrogens (tertiary/aromatic N) is 1. The van der Waals surface area contributed by atoms with E-state index in [9.17, 15) is 0 Å². The molecule has 0 saturated carbocycles. The molecule has 18 heavy (non-hydrogen) atoms. The second kappa shape index (κ2) is 8.28. The van der Waals surface area contributed by atoms with Crippen LogP contribution in [0.1, 0.15) is 38.7 Å². The second-order valence-corrected chi connectivity index (χ2v) is 5.70. The van der Waals surface area contributed by atoms with Gasteiger partial charge in [0.2, 0.25) is 0 Å². The van der Waals surface area contributed by atoms with Crippen molar-refractivity contribution < 1.29 is 0 Å². The molecule has 1 aromatic carbocycles. The van der Waals surface area contributed by atoms with Crippen LogP contribution in [0.2, 0.25) is 0 Å². The molecule has 0 radical (unpaired) electrons. The average molecular weight is 248 g/mol. The van der Waals surface area contributed by atoms with Gasteiger partial charge in [-0.1, -0.05) is 43.7 Å². The Hall–Kier alpha value is -0.860. The second-order valence-electron chi connectivity index (χ2n) is 5.70. The van der Waals surface area contributed by atoms with Gasteiger partial charge in [-0.25, -0.2) is 0 Å². The predicted molar refractivity (Wildman–Crippen MR) is 79.4 cm³/mol. The van der Waals surface area contributed by atoms with Crippen LogP contribution in [-0.2, 0) is 6.54 Å². The van der Waals surface area contributed by atoms with Gasteiger partial charge in [0, 0.05) is 19.1 Å². The van der Waals surface area contributed by atoms with Crippen molar-refractivity contribution in [3.05, 3.63) is 35.9 Å². The number of benzene rings is 1. The Morgan fingerprint density at radius 3 is 2.39 bits per heavy atom. The van der Waals surface area contributed by atoms with Crippen LogP contribution in [0.4, 0.5) is 0 Å². The van der Waals surface area contributed by atoms with Gasteiger partial charge in [0.25, 0.3) is 0 Å². The van der Waals surface area contributed by atoms with Crippen molar-refractivity contribution in [3.8, 4) is 0 Å². The van der Waals surface area contributed by atoms with Crippen molar-refractivity contribution in [3.63, 3.8) is 0 Å². The molecule has 0 aliphatic heterocycles. The quantitative estimate of drug-likeness (QED) is 0.765. The van der Waals surface area contributed by atoms with E-state index >= 15 is 0 Å². The van der Waals surface area contributed by atoms with Crippen molar-refractivity contribution in [1.82, 2.24) is 4.90 Å². The van der Waals surface area contributed by atoms with Crippen LogP contribution in [0.5, 0.6) is 0 Å². The maximum absolute atomic E-state index is 5.77. The Labute approximate surface area is 112 Å². The highest BCUT2D eigenvalue weighted by atomic mass is 15.1. The first-order valence-corrected chi connectivity index (χ1v) is 7.06. The SMILES string of the molecule is CC(N)CCCC(C)CN(C)Cc1ccccc1. The first kappa shape index (κ1) is 15.2. The van der Waals surface area contributed by atoms with E-state index in [1.54, 1.807) is 0 Å². The molecule has 0 aromatic heterocycles. The topological polar surface area (TPSA) is 29.3 Å². The molecular weight excluding hydrogens is 220 g/mol. The lowest BCUT2D eigenvalue weighted by atomic mass is 10.0. The Bertz CT molecular complexity index is 308. The van der Waals surface area contributed by atoms with E-state index in [0.29, 0.717) is 6.04 Å². The monoisotopic (exact) mass is 248 g/mol. The molecule has 2 N–H and O–H groups in total. The van der Waals surface area contributed by atoms with Gasteiger partial charge in [-0.05, 0) is 38.3 Å².